The monoisotopic (exact) mass is 373 g/mol. The van der Waals surface area contributed by atoms with Crippen LogP contribution in [0, 0.1) is 0 Å². The summed E-state index contributed by atoms with van der Waals surface area (Å²) < 4.78 is 17.0. The zero-order valence-electron chi connectivity index (χ0n) is 15.7. The molecule has 8 heteroatoms. The summed E-state index contributed by atoms with van der Waals surface area (Å²) in [6.07, 6.45) is 0. The Bertz CT molecular complexity index is 857. The Morgan fingerprint density at radius 3 is 2.41 bits per heavy atom. The van der Waals surface area contributed by atoms with Gasteiger partial charge in [0.2, 0.25) is 5.91 Å². The topological polar surface area (TPSA) is 82.9 Å². The molecule has 144 valence electrons. The van der Waals surface area contributed by atoms with E-state index in [0.717, 1.165) is 5.56 Å². The Labute approximate surface area is 157 Å². The summed E-state index contributed by atoms with van der Waals surface area (Å²) in [5.41, 5.74) is 0.854. The average molecular weight is 373 g/mol. The fourth-order valence-corrected chi connectivity index (χ4v) is 2.99. The number of amides is 1. The number of morpholine rings is 1. The van der Waals surface area contributed by atoms with Crippen molar-refractivity contribution in [1.82, 2.24) is 14.7 Å². The maximum Gasteiger partial charge on any atom is 0.271 e. The van der Waals surface area contributed by atoms with Crippen LogP contribution in [-0.2, 0) is 9.53 Å². The molecule has 1 aromatic carbocycles. The lowest BCUT2D eigenvalue weighted by Gasteiger charge is -2.29. The summed E-state index contributed by atoms with van der Waals surface area (Å²) in [6.45, 7) is 3.70. The Hall–Kier alpha value is -2.87. The summed E-state index contributed by atoms with van der Waals surface area (Å²) in [7, 11) is 3.07. The normalized spacial score (nSPS) is 15.3. The summed E-state index contributed by atoms with van der Waals surface area (Å²) >= 11 is 0. The van der Waals surface area contributed by atoms with E-state index in [9.17, 15) is 9.59 Å². The average Bonchev–Trinajstić information content (AvgIpc) is 2.73. The van der Waals surface area contributed by atoms with E-state index in [-0.39, 0.29) is 5.91 Å². The van der Waals surface area contributed by atoms with Crippen LogP contribution in [-0.4, -0.2) is 61.1 Å². The number of carbonyl (C=O) groups excluding carboxylic acids is 1. The standard InChI is InChI=1S/C19H23N3O5/c1-13(19(24)21-8-10-27-11-9-21)22-17(23)12-16(26-3)18(20-22)14-4-6-15(25-2)7-5-14/h4-7,12-13H,8-11H2,1-3H3/t13-/m0/s1. The number of carbonyl (C=O) groups is 1. The lowest BCUT2D eigenvalue weighted by atomic mass is 10.1. The van der Waals surface area contributed by atoms with Gasteiger partial charge in [0.15, 0.2) is 5.75 Å². The smallest absolute Gasteiger partial charge is 0.271 e. The third kappa shape index (κ3) is 3.95. The molecule has 1 aliphatic rings. The zero-order valence-corrected chi connectivity index (χ0v) is 15.7. The molecule has 1 aromatic heterocycles. The fourth-order valence-electron chi connectivity index (χ4n) is 2.99. The Morgan fingerprint density at radius 1 is 1.15 bits per heavy atom. The van der Waals surface area contributed by atoms with E-state index in [2.05, 4.69) is 5.10 Å². The molecular formula is C19H23N3O5. The van der Waals surface area contributed by atoms with Gasteiger partial charge in [0, 0.05) is 24.7 Å². The van der Waals surface area contributed by atoms with Gasteiger partial charge in [-0.2, -0.15) is 5.10 Å². The fraction of sp³-hybridized carbons (Fsp3) is 0.421. The zero-order chi connectivity index (χ0) is 19.4. The number of benzene rings is 1. The highest BCUT2D eigenvalue weighted by Gasteiger charge is 2.26. The highest BCUT2D eigenvalue weighted by Crippen LogP contribution is 2.28. The minimum absolute atomic E-state index is 0.154. The lowest BCUT2D eigenvalue weighted by molar-refractivity contribution is -0.138. The van der Waals surface area contributed by atoms with Gasteiger partial charge >= 0.3 is 0 Å². The molecule has 3 rings (SSSR count). The van der Waals surface area contributed by atoms with Gasteiger partial charge in [-0.05, 0) is 31.2 Å². The second-order valence-electron chi connectivity index (χ2n) is 6.19. The second-order valence-corrected chi connectivity index (χ2v) is 6.19. The van der Waals surface area contributed by atoms with Crippen molar-refractivity contribution in [2.45, 2.75) is 13.0 Å². The van der Waals surface area contributed by atoms with Gasteiger partial charge in [-0.25, -0.2) is 4.68 Å². The van der Waals surface area contributed by atoms with E-state index in [4.69, 9.17) is 14.2 Å². The van der Waals surface area contributed by atoms with Crippen LogP contribution in [0.1, 0.15) is 13.0 Å². The van der Waals surface area contributed by atoms with Crippen molar-refractivity contribution in [3.05, 3.63) is 40.7 Å². The van der Waals surface area contributed by atoms with E-state index in [0.29, 0.717) is 43.5 Å². The highest BCUT2D eigenvalue weighted by atomic mass is 16.5. The first-order chi connectivity index (χ1) is 13.0. The second kappa shape index (κ2) is 8.22. The van der Waals surface area contributed by atoms with Crippen LogP contribution in [0.2, 0.25) is 0 Å². The van der Waals surface area contributed by atoms with Gasteiger partial charge in [-0.1, -0.05) is 0 Å². The van der Waals surface area contributed by atoms with E-state index in [1.54, 1.807) is 31.1 Å². The minimum Gasteiger partial charge on any atom is -0.497 e. The number of ether oxygens (including phenoxy) is 3. The molecule has 0 aliphatic carbocycles. The van der Waals surface area contributed by atoms with Crippen LogP contribution in [0.25, 0.3) is 11.3 Å². The first-order valence-electron chi connectivity index (χ1n) is 8.74. The first-order valence-corrected chi connectivity index (χ1v) is 8.74. The molecular weight excluding hydrogens is 350 g/mol. The summed E-state index contributed by atoms with van der Waals surface area (Å²) in [5.74, 6) is 0.910. The molecule has 27 heavy (non-hydrogen) atoms. The van der Waals surface area contributed by atoms with Gasteiger partial charge in [-0.15, -0.1) is 0 Å². The van der Waals surface area contributed by atoms with Gasteiger partial charge in [0.25, 0.3) is 5.56 Å². The number of aromatic nitrogens is 2. The Kier molecular flexibility index (Phi) is 5.75. The largest absolute Gasteiger partial charge is 0.497 e. The van der Waals surface area contributed by atoms with Crippen molar-refractivity contribution < 1.29 is 19.0 Å². The van der Waals surface area contributed by atoms with Crippen molar-refractivity contribution in [2.75, 3.05) is 40.5 Å². The molecule has 0 radical (unpaired) electrons. The molecule has 0 spiro atoms. The third-order valence-corrected chi connectivity index (χ3v) is 4.55. The number of rotatable bonds is 5. The van der Waals surface area contributed by atoms with Gasteiger partial charge in [0.1, 0.15) is 17.5 Å². The van der Waals surface area contributed by atoms with Gasteiger partial charge in [0.05, 0.1) is 27.4 Å². The summed E-state index contributed by atoms with van der Waals surface area (Å²) in [4.78, 5) is 27.0. The van der Waals surface area contributed by atoms with Crippen molar-refractivity contribution in [2.24, 2.45) is 0 Å². The highest BCUT2D eigenvalue weighted by molar-refractivity contribution is 5.80. The van der Waals surface area contributed by atoms with Crippen molar-refractivity contribution in [3.63, 3.8) is 0 Å². The number of hydrogen-bond acceptors (Lipinski definition) is 6. The molecule has 2 aromatic rings. The van der Waals surface area contributed by atoms with Crippen molar-refractivity contribution >= 4 is 5.91 Å². The van der Waals surface area contributed by atoms with E-state index < -0.39 is 11.6 Å². The van der Waals surface area contributed by atoms with E-state index in [1.807, 2.05) is 12.1 Å². The predicted molar refractivity (Wildman–Crippen MR) is 99.1 cm³/mol. The molecule has 1 atom stereocenters. The molecule has 1 fully saturated rings. The Morgan fingerprint density at radius 2 is 1.81 bits per heavy atom. The molecule has 8 nitrogen and oxygen atoms in total. The molecule has 2 heterocycles. The minimum atomic E-state index is -0.724. The number of nitrogens with zero attached hydrogens (tertiary/aromatic N) is 3. The van der Waals surface area contributed by atoms with E-state index >= 15 is 0 Å². The van der Waals surface area contributed by atoms with Crippen LogP contribution in [0.4, 0.5) is 0 Å². The van der Waals surface area contributed by atoms with Crippen LogP contribution in [0.15, 0.2) is 35.1 Å². The van der Waals surface area contributed by atoms with Crippen LogP contribution < -0.4 is 15.0 Å². The maximum atomic E-state index is 12.8. The third-order valence-electron chi connectivity index (χ3n) is 4.55. The molecule has 0 saturated carbocycles. The van der Waals surface area contributed by atoms with Crippen molar-refractivity contribution in [1.29, 1.82) is 0 Å². The molecule has 1 saturated heterocycles. The summed E-state index contributed by atoms with van der Waals surface area (Å²) in [6, 6.07) is 7.89. The van der Waals surface area contributed by atoms with E-state index in [1.165, 1.54) is 17.9 Å². The SMILES string of the molecule is COc1ccc(-c2nn([C@@H](C)C(=O)N3CCOCC3)c(=O)cc2OC)cc1. The van der Waals surface area contributed by atoms with Crippen LogP contribution >= 0.6 is 0 Å². The molecule has 1 amide bonds. The molecule has 0 bridgehead atoms. The predicted octanol–water partition coefficient (Wildman–Crippen LogP) is 1.35. The van der Waals surface area contributed by atoms with Crippen molar-refractivity contribution in [3.8, 4) is 22.8 Å². The Balaban J connectivity index is 1.97. The molecule has 1 aliphatic heterocycles. The number of hydrogen-bond donors (Lipinski definition) is 0. The lowest BCUT2D eigenvalue weighted by Crippen LogP contribution is -2.45. The summed E-state index contributed by atoms with van der Waals surface area (Å²) in [5, 5.41) is 4.44. The van der Waals surface area contributed by atoms with Crippen LogP contribution in [0.5, 0.6) is 11.5 Å². The quantitative estimate of drug-likeness (QED) is 0.787. The maximum absolute atomic E-state index is 12.8. The number of methoxy groups -OCH3 is 2. The molecule has 0 N–H and O–H groups in total. The van der Waals surface area contributed by atoms with Gasteiger partial charge in [-0.3, -0.25) is 9.59 Å². The van der Waals surface area contributed by atoms with Crippen LogP contribution in [0.3, 0.4) is 0 Å². The van der Waals surface area contributed by atoms with Gasteiger partial charge < -0.3 is 19.1 Å². The first kappa shape index (κ1) is 18.9. The molecule has 0 unspecified atom stereocenters.